The number of fused-ring (bicyclic) bond motifs is 2. The summed E-state index contributed by atoms with van der Waals surface area (Å²) < 4.78 is 17.0. The van der Waals surface area contributed by atoms with Crippen LogP contribution in [0.15, 0.2) is 39.5 Å². The van der Waals surface area contributed by atoms with Crippen LogP contribution in [0.1, 0.15) is 65.0 Å². The van der Waals surface area contributed by atoms with Crippen LogP contribution in [0.3, 0.4) is 0 Å². The predicted molar refractivity (Wildman–Crippen MR) is 124 cm³/mol. The van der Waals surface area contributed by atoms with Gasteiger partial charge in [0.15, 0.2) is 16.9 Å². The molecule has 6 heteroatoms. The molecule has 0 bridgehead atoms. The number of methoxy groups -OCH3 is 2. The van der Waals surface area contributed by atoms with E-state index in [1.165, 1.54) is 0 Å². The van der Waals surface area contributed by atoms with Gasteiger partial charge in [0.25, 0.3) is 5.91 Å². The first-order valence-corrected chi connectivity index (χ1v) is 11.0. The number of carbonyl (C=O) groups is 1. The molecule has 3 aromatic rings. The largest absolute Gasteiger partial charge is 0.493 e. The number of benzene rings is 2. The van der Waals surface area contributed by atoms with Crippen molar-refractivity contribution in [3.05, 3.63) is 68.6 Å². The Morgan fingerprint density at radius 3 is 2.44 bits per heavy atom. The zero-order valence-electron chi connectivity index (χ0n) is 19.3. The highest BCUT2D eigenvalue weighted by molar-refractivity contribution is 5.99. The van der Waals surface area contributed by atoms with Crippen LogP contribution in [-0.4, -0.2) is 31.6 Å². The fourth-order valence-corrected chi connectivity index (χ4v) is 4.65. The Morgan fingerprint density at radius 1 is 1.00 bits per heavy atom. The molecule has 0 saturated carbocycles. The van der Waals surface area contributed by atoms with Crippen LogP contribution < -0.4 is 14.9 Å². The number of unbranched alkanes of at least 4 members (excludes halogenated alkanes) is 2. The van der Waals surface area contributed by atoms with Crippen LogP contribution in [0, 0.1) is 13.8 Å². The molecule has 0 fully saturated rings. The Bertz CT molecular complexity index is 1240. The highest BCUT2D eigenvalue weighted by atomic mass is 16.5. The van der Waals surface area contributed by atoms with E-state index in [0.717, 1.165) is 36.0 Å². The minimum atomic E-state index is -0.532. The van der Waals surface area contributed by atoms with Crippen molar-refractivity contribution in [1.29, 1.82) is 0 Å². The van der Waals surface area contributed by atoms with Crippen molar-refractivity contribution in [3.8, 4) is 11.5 Å². The highest BCUT2D eigenvalue weighted by Gasteiger charge is 2.42. The van der Waals surface area contributed by atoms with Crippen molar-refractivity contribution in [2.75, 3.05) is 20.8 Å². The fraction of sp³-hybridized carbons (Fsp3) is 0.385. The van der Waals surface area contributed by atoms with Crippen molar-refractivity contribution >= 4 is 16.9 Å². The van der Waals surface area contributed by atoms with E-state index >= 15 is 0 Å². The van der Waals surface area contributed by atoms with Crippen molar-refractivity contribution in [1.82, 2.24) is 4.90 Å². The highest BCUT2D eigenvalue weighted by Crippen LogP contribution is 2.41. The van der Waals surface area contributed by atoms with E-state index in [9.17, 15) is 9.59 Å². The van der Waals surface area contributed by atoms with Crippen molar-refractivity contribution in [3.63, 3.8) is 0 Å². The monoisotopic (exact) mass is 435 g/mol. The van der Waals surface area contributed by atoms with Crippen molar-refractivity contribution < 1.29 is 18.7 Å². The second-order valence-electron chi connectivity index (χ2n) is 8.35. The van der Waals surface area contributed by atoms with E-state index in [0.29, 0.717) is 34.6 Å². The molecule has 1 aliphatic heterocycles. The van der Waals surface area contributed by atoms with Crippen LogP contribution in [0.5, 0.6) is 11.5 Å². The minimum absolute atomic E-state index is 0.142. The lowest BCUT2D eigenvalue weighted by atomic mass is 9.96. The first kappa shape index (κ1) is 21.9. The van der Waals surface area contributed by atoms with Crippen LogP contribution in [-0.2, 0) is 0 Å². The Labute approximate surface area is 187 Å². The van der Waals surface area contributed by atoms with Crippen LogP contribution in [0.2, 0.25) is 0 Å². The molecule has 168 valence electrons. The molecule has 2 aromatic carbocycles. The quantitative estimate of drug-likeness (QED) is 0.479. The van der Waals surface area contributed by atoms with Gasteiger partial charge < -0.3 is 18.8 Å². The van der Waals surface area contributed by atoms with Crippen molar-refractivity contribution in [2.24, 2.45) is 0 Å². The third-order valence-electron chi connectivity index (χ3n) is 6.14. The summed E-state index contributed by atoms with van der Waals surface area (Å²) in [6.45, 7) is 6.52. The summed E-state index contributed by atoms with van der Waals surface area (Å²) >= 11 is 0. The molecule has 0 spiro atoms. The molecule has 1 aromatic heterocycles. The Balaban J connectivity index is 1.95. The second kappa shape index (κ2) is 8.69. The summed E-state index contributed by atoms with van der Waals surface area (Å²) in [6, 6.07) is 8.78. The lowest BCUT2D eigenvalue weighted by Gasteiger charge is -2.25. The topological polar surface area (TPSA) is 69.0 Å². The third kappa shape index (κ3) is 3.53. The smallest absolute Gasteiger partial charge is 0.290 e. The summed E-state index contributed by atoms with van der Waals surface area (Å²) in [5.74, 6) is 1.05. The molecular weight excluding hydrogens is 406 g/mol. The Hall–Kier alpha value is -3.28. The first-order chi connectivity index (χ1) is 15.4. The third-order valence-corrected chi connectivity index (χ3v) is 6.14. The number of rotatable bonds is 7. The van der Waals surface area contributed by atoms with Gasteiger partial charge in [-0.05, 0) is 55.2 Å². The number of hydrogen-bond acceptors (Lipinski definition) is 5. The van der Waals surface area contributed by atoms with Gasteiger partial charge in [-0.25, -0.2) is 0 Å². The molecule has 0 saturated heterocycles. The van der Waals surface area contributed by atoms with Gasteiger partial charge in [0, 0.05) is 6.54 Å². The average Bonchev–Trinajstić information content (AvgIpc) is 3.05. The fourth-order valence-electron chi connectivity index (χ4n) is 4.65. The first-order valence-electron chi connectivity index (χ1n) is 11.0. The van der Waals surface area contributed by atoms with E-state index in [2.05, 4.69) is 6.92 Å². The maximum Gasteiger partial charge on any atom is 0.290 e. The normalized spacial score (nSPS) is 15.3. The zero-order chi connectivity index (χ0) is 23.0. The summed E-state index contributed by atoms with van der Waals surface area (Å²) in [7, 11) is 3.15. The number of amides is 1. The van der Waals surface area contributed by atoms with Crippen LogP contribution in [0.25, 0.3) is 11.0 Å². The van der Waals surface area contributed by atoms with Gasteiger partial charge in [-0.15, -0.1) is 0 Å². The van der Waals surface area contributed by atoms with Gasteiger partial charge >= 0.3 is 0 Å². The Kier molecular flexibility index (Phi) is 5.96. The molecule has 1 unspecified atom stereocenters. The van der Waals surface area contributed by atoms with Gasteiger partial charge in [0.2, 0.25) is 5.76 Å². The summed E-state index contributed by atoms with van der Waals surface area (Å²) in [5, 5.41) is 0.531. The van der Waals surface area contributed by atoms with Gasteiger partial charge in [-0.3, -0.25) is 9.59 Å². The SMILES string of the molecule is CCCCCN1C(=O)c2oc3cc(C)cc(C)c3c(=O)c2C1c1ccc(OC)c(OC)c1. The zero-order valence-corrected chi connectivity index (χ0v) is 19.3. The molecule has 1 aliphatic rings. The molecule has 1 atom stereocenters. The molecule has 2 heterocycles. The maximum atomic E-state index is 13.7. The van der Waals surface area contributed by atoms with Gasteiger partial charge in [0.1, 0.15) is 5.58 Å². The standard InChI is InChI=1S/C26H29NO5/c1-6-7-8-11-27-23(17-9-10-18(30-4)19(14-17)31-5)22-24(28)21-16(3)12-15(2)13-20(21)32-25(22)26(27)29/h9-10,12-14,23H,6-8,11H2,1-5H3. The molecule has 0 aliphatic carbocycles. The number of aryl methyl sites for hydroxylation is 2. The number of hydrogen-bond donors (Lipinski definition) is 0. The molecular formula is C26H29NO5. The van der Waals surface area contributed by atoms with Crippen LogP contribution >= 0.6 is 0 Å². The van der Waals surface area contributed by atoms with Gasteiger partial charge in [0.05, 0.1) is 31.2 Å². The second-order valence-corrected chi connectivity index (χ2v) is 8.35. The summed E-state index contributed by atoms with van der Waals surface area (Å²) in [4.78, 5) is 29.0. The molecule has 32 heavy (non-hydrogen) atoms. The maximum absolute atomic E-state index is 13.7. The Morgan fingerprint density at radius 2 is 1.75 bits per heavy atom. The van der Waals surface area contributed by atoms with Crippen molar-refractivity contribution in [2.45, 2.75) is 46.1 Å². The average molecular weight is 436 g/mol. The van der Waals surface area contributed by atoms with E-state index in [1.807, 2.05) is 38.1 Å². The molecule has 0 radical (unpaired) electrons. The minimum Gasteiger partial charge on any atom is -0.493 e. The van der Waals surface area contributed by atoms with Gasteiger partial charge in [-0.1, -0.05) is 31.9 Å². The van der Waals surface area contributed by atoms with E-state index in [4.69, 9.17) is 13.9 Å². The number of carbonyl (C=O) groups excluding carboxylic acids is 1. The van der Waals surface area contributed by atoms with Crippen LogP contribution in [0.4, 0.5) is 0 Å². The summed E-state index contributed by atoms with van der Waals surface area (Å²) in [6.07, 6.45) is 2.89. The predicted octanol–water partition coefficient (Wildman–Crippen LogP) is 5.16. The molecule has 4 rings (SSSR count). The van der Waals surface area contributed by atoms with Gasteiger partial charge in [-0.2, -0.15) is 0 Å². The summed E-state index contributed by atoms with van der Waals surface area (Å²) in [5.41, 5.74) is 3.34. The molecule has 6 nitrogen and oxygen atoms in total. The lowest BCUT2D eigenvalue weighted by molar-refractivity contribution is 0.0724. The van der Waals surface area contributed by atoms with E-state index in [1.54, 1.807) is 25.2 Å². The van der Waals surface area contributed by atoms with E-state index < -0.39 is 6.04 Å². The number of ether oxygens (including phenoxy) is 2. The number of nitrogens with zero attached hydrogens (tertiary/aromatic N) is 1. The lowest BCUT2D eigenvalue weighted by Crippen LogP contribution is -2.30. The van der Waals surface area contributed by atoms with E-state index in [-0.39, 0.29) is 17.1 Å². The molecule has 1 amide bonds. The molecule has 0 N–H and O–H groups in total.